The fourth-order valence-corrected chi connectivity index (χ4v) is 4.53. The number of hydrogen-bond donors (Lipinski definition) is 1. The fourth-order valence-electron chi connectivity index (χ4n) is 4.53. The van der Waals surface area contributed by atoms with Crippen molar-refractivity contribution in [2.45, 2.75) is 59.0 Å². The number of rotatable bonds is 5. The summed E-state index contributed by atoms with van der Waals surface area (Å²) in [5.74, 6) is 1.01. The molecule has 2 aliphatic rings. The monoisotopic (exact) mass is 371 g/mol. The normalized spacial score (nSPS) is 25.3. The molecule has 27 heavy (non-hydrogen) atoms. The predicted molar refractivity (Wildman–Crippen MR) is 112 cm³/mol. The summed E-state index contributed by atoms with van der Waals surface area (Å²) in [7, 11) is 0. The largest absolute Gasteiger partial charge is 0.352 e. The van der Waals surface area contributed by atoms with Crippen LogP contribution in [0.4, 0.5) is 0 Å². The zero-order valence-corrected chi connectivity index (χ0v) is 17.4. The molecule has 0 unspecified atom stereocenters. The lowest BCUT2D eigenvalue weighted by atomic mass is 9.71. The summed E-state index contributed by atoms with van der Waals surface area (Å²) >= 11 is 0. The van der Waals surface area contributed by atoms with Crippen molar-refractivity contribution in [1.82, 2.24) is 15.1 Å². The Morgan fingerprint density at radius 1 is 0.963 bits per heavy atom. The third kappa shape index (κ3) is 6.32. The SMILES string of the molecule is CC(C)(C)C1CCC(NC(=O)CN2CCN(Cc3ccccc3)CC2)CC1. The van der Waals surface area contributed by atoms with E-state index in [9.17, 15) is 4.79 Å². The molecule has 4 heteroatoms. The number of hydrogen-bond acceptors (Lipinski definition) is 3. The topological polar surface area (TPSA) is 35.6 Å². The fraction of sp³-hybridized carbons (Fsp3) is 0.696. The second-order valence-corrected chi connectivity index (χ2v) is 9.52. The van der Waals surface area contributed by atoms with Crippen LogP contribution < -0.4 is 5.32 Å². The smallest absolute Gasteiger partial charge is 0.234 e. The molecule has 0 aromatic heterocycles. The predicted octanol–water partition coefficient (Wildman–Crippen LogP) is 3.53. The van der Waals surface area contributed by atoms with Crippen molar-refractivity contribution in [3.63, 3.8) is 0 Å². The first-order chi connectivity index (χ1) is 12.9. The van der Waals surface area contributed by atoms with E-state index in [1.807, 2.05) is 0 Å². The molecule has 1 aliphatic heterocycles. The Balaban J connectivity index is 1.34. The molecule has 150 valence electrons. The summed E-state index contributed by atoms with van der Waals surface area (Å²) in [5, 5.41) is 3.29. The first kappa shape index (κ1) is 20.3. The average Bonchev–Trinajstić information content (AvgIpc) is 2.64. The van der Waals surface area contributed by atoms with E-state index in [1.54, 1.807) is 0 Å². The van der Waals surface area contributed by atoms with Crippen molar-refractivity contribution in [3.05, 3.63) is 35.9 Å². The first-order valence-corrected chi connectivity index (χ1v) is 10.7. The molecule has 1 amide bonds. The first-order valence-electron chi connectivity index (χ1n) is 10.7. The molecule has 3 rings (SSSR count). The molecule has 1 heterocycles. The van der Waals surface area contributed by atoms with Gasteiger partial charge in [-0.05, 0) is 42.6 Å². The third-order valence-corrected chi connectivity index (χ3v) is 6.40. The van der Waals surface area contributed by atoms with Gasteiger partial charge in [0.2, 0.25) is 5.91 Å². The lowest BCUT2D eigenvalue weighted by Crippen LogP contribution is -2.50. The van der Waals surface area contributed by atoms with E-state index in [1.165, 1.54) is 18.4 Å². The Kier molecular flexibility index (Phi) is 6.93. The summed E-state index contributed by atoms with van der Waals surface area (Å²) in [6.07, 6.45) is 4.76. The van der Waals surface area contributed by atoms with Crippen LogP contribution in [0.2, 0.25) is 0 Å². The van der Waals surface area contributed by atoms with E-state index in [2.05, 4.69) is 66.2 Å². The Hall–Kier alpha value is -1.39. The van der Waals surface area contributed by atoms with E-state index in [-0.39, 0.29) is 5.91 Å². The zero-order chi connectivity index (χ0) is 19.3. The highest BCUT2D eigenvalue weighted by molar-refractivity contribution is 5.78. The number of benzene rings is 1. The summed E-state index contributed by atoms with van der Waals surface area (Å²) in [4.78, 5) is 17.3. The number of nitrogens with one attached hydrogen (secondary N) is 1. The van der Waals surface area contributed by atoms with Crippen molar-refractivity contribution in [2.75, 3.05) is 32.7 Å². The number of nitrogens with zero attached hydrogens (tertiary/aromatic N) is 2. The minimum absolute atomic E-state index is 0.214. The maximum Gasteiger partial charge on any atom is 0.234 e. The summed E-state index contributed by atoms with van der Waals surface area (Å²) in [5.41, 5.74) is 1.77. The number of carbonyl (C=O) groups is 1. The van der Waals surface area contributed by atoms with Crippen LogP contribution in [0, 0.1) is 11.3 Å². The van der Waals surface area contributed by atoms with Crippen LogP contribution in [0.3, 0.4) is 0 Å². The summed E-state index contributed by atoms with van der Waals surface area (Å²) < 4.78 is 0. The van der Waals surface area contributed by atoms with Crippen LogP contribution in [0.1, 0.15) is 52.0 Å². The molecule has 0 radical (unpaired) electrons. The van der Waals surface area contributed by atoms with Crippen molar-refractivity contribution >= 4 is 5.91 Å². The minimum Gasteiger partial charge on any atom is -0.352 e. The molecule has 0 bridgehead atoms. The molecule has 1 aromatic rings. The zero-order valence-electron chi connectivity index (χ0n) is 17.4. The standard InChI is InChI=1S/C23H37N3O/c1-23(2,3)20-9-11-21(12-10-20)24-22(27)18-26-15-13-25(14-16-26)17-19-7-5-4-6-8-19/h4-8,20-21H,9-18H2,1-3H3,(H,24,27). The second kappa shape index (κ2) is 9.20. The van der Waals surface area contributed by atoms with Crippen molar-refractivity contribution < 1.29 is 4.79 Å². The maximum absolute atomic E-state index is 12.5. The van der Waals surface area contributed by atoms with Crippen molar-refractivity contribution in [1.29, 1.82) is 0 Å². The van der Waals surface area contributed by atoms with Gasteiger partial charge in [-0.2, -0.15) is 0 Å². The van der Waals surface area contributed by atoms with Gasteiger partial charge in [0.25, 0.3) is 0 Å². The molecule has 0 spiro atoms. The number of carbonyl (C=O) groups excluding carboxylic acids is 1. The van der Waals surface area contributed by atoms with Crippen LogP contribution in [-0.4, -0.2) is 54.5 Å². The Morgan fingerprint density at radius 3 is 2.15 bits per heavy atom. The second-order valence-electron chi connectivity index (χ2n) is 9.52. The van der Waals surface area contributed by atoms with Gasteiger partial charge >= 0.3 is 0 Å². The highest BCUT2D eigenvalue weighted by Gasteiger charge is 2.30. The molecule has 1 N–H and O–H groups in total. The van der Waals surface area contributed by atoms with Crippen LogP contribution in [0.25, 0.3) is 0 Å². The summed E-state index contributed by atoms with van der Waals surface area (Å²) in [6, 6.07) is 11.0. The maximum atomic E-state index is 12.5. The minimum atomic E-state index is 0.214. The Labute approximate surface area is 165 Å². The highest BCUT2D eigenvalue weighted by Crippen LogP contribution is 2.37. The van der Waals surface area contributed by atoms with Crippen molar-refractivity contribution in [3.8, 4) is 0 Å². The molecule has 4 nitrogen and oxygen atoms in total. The molecule has 1 saturated carbocycles. The Bertz CT molecular complexity index is 579. The van der Waals surface area contributed by atoms with E-state index < -0.39 is 0 Å². The highest BCUT2D eigenvalue weighted by atomic mass is 16.2. The van der Waals surface area contributed by atoms with Gasteiger partial charge < -0.3 is 5.32 Å². The molecular weight excluding hydrogens is 334 g/mol. The molecular formula is C23H37N3O. The van der Waals surface area contributed by atoms with E-state index >= 15 is 0 Å². The van der Waals surface area contributed by atoms with E-state index in [0.29, 0.717) is 18.0 Å². The van der Waals surface area contributed by atoms with Crippen LogP contribution in [0.5, 0.6) is 0 Å². The van der Waals surface area contributed by atoms with E-state index in [4.69, 9.17) is 0 Å². The molecule has 1 aliphatic carbocycles. The van der Waals surface area contributed by atoms with Crippen LogP contribution in [0.15, 0.2) is 30.3 Å². The van der Waals surface area contributed by atoms with Gasteiger partial charge in [0.15, 0.2) is 0 Å². The molecule has 0 atom stereocenters. The quantitative estimate of drug-likeness (QED) is 0.860. The van der Waals surface area contributed by atoms with Gasteiger partial charge in [-0.15, -0.1) is 0 Å². The van der Waals surface area contributed by atoms with Gasteiger partial charge in [0, 0.05) is 38.8 Å². The van der Waals surface area contributed by atoms with Crippen molar-refractivity contribution in [2.24, 2.45) is 11.3 Å². The van der Waals surface area contributed by atoms with Crippen LogP contribution in [-0.2, 0) is 11.3 Å². The number of piperazine rings is 1. The van der Waals surface area contributed by atoms with Gasteiger partial charge in [0.1, 0.15) is 0 Å². The molecule has 1 saturated heterocycles. The summed E-state index contributed by atoms with van der Waals surface area (Å²) in [6.45, 7) is 12.6. The lowest BCUT2D eigenvalue weighted by Gasteiger charge is -2.38. The molecule has 1 aromatic carbocycles. The van der Waals surface area contributed by atoms with E-state index in [0.717, 1.165) is 51.5 Å². The van der Waals surface area contributed by atoms with Gasteiger partial charge in [-0.1, -0.05) is 51.1 Å². The number of amides is 1. The van der Waals surface area contributed by atoms with Gasteiger partial charge in [-0.3, -0.25) is 14.6 Å². The average molecular weight is 372 g/mol. The van der Waals surface area contributed by atoms with Gasteiger partial charge in [0.05, 0.1) is 6.54 Å². The lowest BCUT2D eigenvalue weighted by molar-refractivity contribution is -0.123. The Morgan fingerprint density at radius 2 is 1.56 bits per heavy atom. The van der Waals surface area contributed by atoms with Crippen LogP contribution >= 0.6 is 0 Å². The third-order valence-electron chi connectivity index (χ3n) is 6.40. The molecule has 2 fully saturated rings. The van der Waals surface area contributed by atoms with Gasteiger partial charge in [-0.25, -0.2) is 0 Å².